The molecule has 0 atom stereocenters. The molecule has 0 radical (unpaired) electrons. The van der Waals surface area contributed by atoms with E-state index in [1.807, 2.05) is 12.1 Å². The van der Waals surface area contributed by atoms with Crippen LogP contribution in [-0.2, 0) is 10.2 Å². The number of halogens is 1. The van der Waals surface area contributed by atoms with Gasteiger partial charge in [0, 0.05) is 10.9 Å². The average Bonchev–Trinajstić information content (AvgIpc) is 3.07. The Kier molecular flexibility index (Phi) is 3.41. The molecule has 1 aliphatic rings. The van der Waals surface area contributed by atoms with Crippen molar-refractivity contribution in [1.82, 2.24) is 4.98 Å². The van der Waals surface area contributed by atoms with Gasteiger partial charge < -0.3 is 14.6 Å². The molecule has 1 aromatic heterocycles. The van der Waals surface area contributed by atoms with Gasteiger partial charge in [0.1, 0.15) is 10.4 Å². The van der Waals surface area contributed by atoms with Crippen LogP contribution in [-0.4, -0.2) is 22.9 Å². The van der Waals surface area contributed by atoms with E-state index in [4.69, 9.17) is 9.47 Å². The monoisotopic (exact) mass is 369 g/mol. The molecule has 1 aliphatic heterocycles. The van der Waals surface area contributed by atoms with Crippen LogP contribution in [0.3, 0.4) is 0 Å². The van der Waals surface area contributed by atoms with Gasteiger partial charge in [0.15, 0.2) is 11.5 Å². The minimum absolute atomic E-state index is 0.201. The fourth-order valence-corrected chi connectivity index (χ4v) is 3.43. The summed E-state index contributed by atoms with van der Waals surface area (Å²) in [7, 11) is 0. The number of carbonyl (C=O) groups is 1. The third-order valence-electron chi connectivity index (χ3n) is 3.35. The quantitative estimate of drug-likeness (QED) is 0.893. The fraction of sp³-hybridized carbons (Fsp3) is 0.286. The van der Waals surface area contributed by atoms with Crippen molar-refractivity contribution in [1.29, 1.82) is 0 Å². The molecule has 0 bridgehead atoms. The predicted molar refractivity (Wildman–Crippen MR) is 82.0 cm³/mol. The molecule has 0 amide bonds. The third-order valence-corrected chi connectivity index (χ3v) is 4.83. The molecule has 0 spiro atoms. The fourth-order valence-electron chi connectivity index (χ4n) is 1.89. The molecular weight excluding hydrogens is 358 g/mol. The van der Waals surface area contributed by atoms with E-state index >= 15 is 0 Å². The van der Waals surface area contributed by atoms with E-state index in [0.29, 0.717) is 17.2 Å². The van der Waals surface area contributed by atoms with Crippen molar-refractivity contribution in [3.05, 3.63) is 27.7 Å². The second kappa shape index (κ2) is 4.99. The van der Waals surface area contributed by atoms with Crippen LogP contribution >= 0.6 is 27.3 Å². The average molecular weight is 370 g/mol. The van der Waals surface area contributed by atoms with Crippen LogP contribution in [0.5, 0.6) is 11.5 Å². The number of aromatic nitrogens is 1. The van der Waals surface area contributed by atoms with Gasteiger partial charge in [-0.25, -0.2) is 4.98 Å². The number of benzene rings is 1. The Hall–Kier alpha value is -1.60. The molecule has 7 heteroatoms. The van der Waals surface area contributed by atoms with Gasteiger partial charge in [-0.1, -0.05) is 0 Å². The third kappa shape index (κ3) is 2.40. The maximum Gasteiger partial charge on any atom is 0.315 e. The zero-order valence-electron chi connectivity index (χ0n) is 11.3. The lowest BCUT2D eigenvalue weighted by molar-refractivity contribution is -0.142. The number of nitrogens with zero attached hydrogens (tertiary/aromatic N) is 1. The number of carboxylic acids is 1. The lowest BCUT2D eigenvalue weighted by Crippen LogP contribution is -2.28. The van der Waals surface area contributed by atoms with Crippen molar-refractivity contribution in [3.8, 4) is 22.1 Å². The minimum Gasteiger partial charge on any atom is -0.481 e. The Morgan fingerprint density at radius 1 is 1.43 bits per heavy atom. The largest absolute Gasteiger partial charge is 0.481 e. The SMILES string of the molecule is CC(C)(C(=O)O)c1csc(-c2cc(Br)c3c(c2)OCO3)n1. The molecule has 2 heterocycles. The van der Waals surface area contributed by atoms with Gasteiger partial charge in [-0.15, -0.1) is 11.3 Å². The predicted octanol–water partition coefficient (Wildman–Crippen LogP) is 3.66. The molecule has 0 unspecified atom stereocenters. The number of hydrogen-bond donors (Lipinski definition) is 1. The highest BCUT2D eigenvalue weighted by Crippen LogP contribution is 2.43. The Labute approximate surface area is 133 Å². The standard InChI is InChI=1S/C14H12BrNO4S/c1-14(2,13(17)18)10-5-21-12(16-10)7-3-8(15)11-9(4-7)19-6-20-11/h3-5H,6H2,1-2H3,(H,17,18). The molecule has 0 saturated heterocycles. The van der Waals surface area contributed by atoms with Crippen LogP contribution in [0.1, 0.15) is 19.5 Å². The minimum atomic E-state index is -1.01. The molecule has 3 rings (SSSR count). The molecular formula is C14H12BrNO4S. The molecule has 110 valence electrons. The first-order valence-electron chi connectivity index (χ1n) is 6.18. The van der Waals surface area contributed by atoms with Crippen molar-refractivity contribution in [3.63, 3.8) is 0 Å². The van der Waals surface area contributed by atoms with Gasteiger partial charge in [-0.2, -0.15) is 0 Å². The number of fused-ring (bicyclic) bond motifs is 1. The van der Waals surface area contributed by atoms with Gasteiger partial charge in [-0.3, -0.25) is 4.79 Å². The van der Waals surface area contributed by atoms with E-state index in [1.165, 1.54) is 11.3 Å². The first kappa shape index (κ1) is 14.3. The lowest BCUT2D eigenvalue weighted by atomic mass is 9.90. The Bertz CT molecular complexity index is 726. The van der Waals surface area contributed by atoms with E-state index < -0.39 is 11.4 Å². The molecule has 21 heavy (non-hydrogen) atoms. The van der Waals surface area contributed by atoms with Crippen molar-refractivity contribution in [2.45, 2.75) is 19.3 Å². The summed E-state index contributed by atoms with van der Waals surface area (Å²) in [5.74, 6) is 0.446. The normalized spacial score (nSPS) is 13.5. The van der Waals surface area contributed by atoms with Gasteiger partial charge in [-0.05, 0) is 41.9 Å². The second-order valence-electron chi connectivity index (χ2n) is 5.16. The van der Waals surface area contributed by atoms with E-state index in [-0.39, 0.29) is 6.79 Å². The van der Waals surface area contributed by atoms with Crippen molar-refractivity contribution >= 4 is 33.2 Å². The van der Waals surface area contributed by atoms with Gasteiger partial charge in [0.05, 0.1) is 10.2 Å². The number of aliphatic carboxylic acids is 1. The summed E-state index contributed by atoms with van der Waals surface area (Å²) < 4.78 is 11.5. The highest BCUT2D eigenvalue weighted by atomic mass is 79.9. The molecule has 1 N–H and O–H groups in total. The zero-order valence-corrected chi connectivity index (χ0v) is 13.7. The topological polar surface area (TPSA) is 68.7 Å². The van der Waals surface area contributed by atoms with Crippen molar-refractivity contribution in [2.75, 3.05) is 6.79 Å². The number of rotatable bonds is 3. The smallest absolute Gasteiger partial charge is 0.315 e. The molecule has 0 saturated carbocycles. The van der Waals surface area contributed by atoms with Crippen LogP contribution in [0, 0.1) is 0 Å². The van der Waals surface area contributed by atoms with Crippen LogP contribution in [0.15, 0.2) is 22.0 Å². The summed E-state index contributed by atoms with van der Waals surface area (Å²) in [6, 6.07) is 3.74. The van der Waals surface area contributed by atoms with Crippen molar-refractivity contribution < 1.29 is 19.4 Å². The van der Waals surface area contributed by atoms with E-state index in [2.05, 4.69) is 20.9 Å². The molecule has 2 aromatic rings. The van der Waals surface area contributed by atoms with E-state index in [0.717, 1.165) is 15.0 Å². The van der Waals surface area contributed by atoms with E-state index in [9.17, 15) is 9.90 Å². The molecule has 0 fully saturated rings. The van der Waals surface area contributed by atoms with Gasteiger partial charge in [0.2, 0.25) is 6.79 Å². The molecule has 0 aliphatic carbocycles. The number of thiazole rings is 1. The Balaban J connectivity index is 2.01. The zero-order chi connectivity index (χ0) is 15.2. The van der Waals surface area contributed by atoms with Gasteiger partial charge >= 0.3 is 5.97 Å². The summed E-state index contributed by atoms with van der Waals surface area (Å²) in [4.78, 5) is 15.8. The van der Waals surface area contributed by atoms with Crippen LogP contribution < -0.4 is 9.47 Å². The number of hydrogen-bond acceptors (Lipinski definition) is 5. The second-order valence-corrected chi connectivity index (χ2v) is 6.87. The summed E-state index contributed by atoms with van der Waals surface area (Å²) in [6.07, 6.45) is 0. The first-order valence-corrected chi connectivity index (χ1v) is 7.86. The van der Waals surface area contributed by atoms with Crippen LogP contribution in [0.4, 0.5) is 0 Å². The van der Waals surface area contributed by atoms with E-state index in [1.54, 1.807) is 19.2 Å². The van der Waals surface area contributed by atoms with Crippen LogP contribution in [0.25, 0.3) is 10.6 Å². The highest BCUT2D eigenvalue weighted by Gasteiger charge is 2.32. The molecule has 5 nitrogen and oxygen atoms in total. The Morgan fingerprint density at radius 2 is 2.19 bits per heavy atom. The Morgan fingerprint density at radius 3 is 2.90 bits per heavy atom. The highest BCUT2D eigenvalue weighted by molar-refractivity contribution is 9.10. The first-order chi connectivity index (χ1) is 9.89. The van der Waals surface area contributed by atoms with Gasteiger partial charge in [0.25, 0.3) is 0 Å². The summed E-state index contributed by atoms with van der Waals surface area (Å²) in [5, 5.41) is 11.8. The van der Waals surface area contributed by atoms with Crippen molar-refractivity contribution in [2.24, 2.45) is 0 Å². The summed E-state index contributed by atoms with van der Waals surface area (Å²) in [6.45, 7) is 3.49. The summed E-state index contributed by atoms with van der Waals surface area (Å²) >= 11 is 4.85. The summed E-state index contributed by atoms with van der Waals surface area (Å²) in [5.41, 5.74) is 0.398. The molecule has 1 aromatic carbocycles. The lowest BCUT2D eigenvalue weighted by Gasteiger charge is -2.15. The number of carboxylic acid groups (broad SMARTS) is 1. The maximum atomic E-state index is 11.3. The van der Waals surface area contributed by atoms with Crippen LogP contribution in [0.2, 0.25) is 0 Å². The number of ether oxygens (including phenoxy) is 2. The maximum absolute atomic E-state index is 11.3.